The Kier molecular flexibility index (Phi) is 5.29. The van der Waals surface area contributed by atoms with E-state index in [1.807, 2.05) is 13.8 Å². The average molecular weight is 274 g/mol. The molecule has 0 heterocycles. The number of anilines is 1. The molecule has 1 aromatic rings. The Morgan fingerprint density at radius 2 is 2.20 bits per heavy atom. The van der Waals surface area contributed by atoms with Crippen molar-refractivity contribution in [2.24, 2.45) is 5.92 Å². The Balaban J connectivity index is 2.97. The Labute approximate surface area is 120 Å². The van der Waals surface area contributed by atoms with E-state index in [9.17, 15) is 9.90 Å². The third kappa shape index (κ3) is 3.82. The standard InChI is InChI=1S/C16H22N2O2/c1-5-11(2)16(4,20)10-18-15-8-13(9-17)6-7-14(15)12(3)19/h6-8,11,18,20H,5,10H2,1-4H3. The van der Waals surface area contributed by atoms with Crippen molar-refractivity contribution in [2.45, 2.75) is 39.7 Å². The first-order chi connectivity index (χ1) is 9.31. The van der Waals surface area contributed by atoms with Crippen molar-refractivity contribution < 1.29 is 9.90 Å². The van der Waals surface area contributed by atoms with Gasteiger partial charge in [0.25, 0.3) is 0 Å². The number of aliphatic hydroxyl groups is 1. The minimum Gasteiger partial charge on any atom is -0.388 e. The third-order valence-corrected chi connectivity index (χ3v) is 3.84. The minimum atomic E-state index is -0.870. The van der Waals surface area contributed by atoms with Gasteiger partial charge in [-0.2, -0.15) is 5.26 Å². The van der Waals surface area contributed by atoms with E-state index in [1.54, 1.807) is 25.1 Å². The highest BCUT2D eigenvalue weighted by molar-refractivity contribution is 5.99. The second-order valence-corrected chi connectivity index (χ2v) is 5.45. The summed E-state index contributed by atoms with van der Waals surface area (Å²) in [5.41, 5.74) is 0.746. The van der Waals surface area contributed by atoms with Crippen LogP contribution in [0, 0.1) is 17.2 Å². The van der Waals surface area contributed by atoms with Gasteiger partial charge < -0.3 is 10.4 Å². The van der Waals surface area contributed by atoms with Crippen molar-refractivity contribution >= 4 is 11.5 Å². The van der Waals surface area contributed by atoms with E-state index in [0.29, 0.717) is 23.4 Å². The lowest BCUT2D eigenvalue weighted by atomic mass is 9.88. The van der Waals surface area contributed by atoms with Crippen LogP contribution >= 0.6 is 0 Å². The van der Waals surface area contributed by atoms with Crippen LogP contribution in [0.15, 0.2) is 18.2 Å². The SMILES string of the molecule is CCC(C)C(C)(O)CNc1cc(C#N)ccc1C(C)=O. The predicted octanol–water partition coefficient (Wildman–Crippen LogP) is 2.97. The molecule has 0 spiro atoms. The highest BCUT2D eigenvalue weighted by atomic mass is 16.3. The normalized spacial score (nSPS) is 15.0. The van der Waals surface area contributed by atoms with Crippen LogP contribution in [-0.4, -0.2) is 23.0 Å². The number of rotatable bonds is 6. The van der Waals surface area contributed by atoms with Gasteiger partial charge in [0.15, 0.2) is 5.78 Å². The van der Waals surface area contributed by atoms with E-state index in [0.717, 1.165) is 6.42 Å². The summed E-state index contributed by atoms with van der Waals surface area (Å²) in [7, 11) is 0. The summed E-state index contributed by atoms with van der Waals surface area (Å²) >= 11 is 0. The quantitative estimate of drug-likeness (QED) is 0.782. The number of ketones is 1. The number of nitriles is 1. The molecule has 4 nitrogen and oxygen atoms in total. The Hall–Kier alpha value is -1.86. The third-order valence-electron chi connectivity index (χ3n) is 3.84. The van der Waals surface area contributed by atoms with Crippen molar-refractivity contribution in [3.63, 3.8) is 0 Å². The van der Waals surface area contributed by atoms with E-state index in [1.165, 1.54) is 6.92 Å². The van der Waals surface area contributed by atoms with E-state index in [-0.39, 0.29) is 11.7 Å². The highest BCUT2D eigenvalue weighted by Gasteiger charge is 2.27. The lowest BCUT2D eigenvalue weighted by Crippen LogP contribution is -2.40. The maximum absolute atomic E-state index is 11.6. The fourth-order valence-electron chi connectivity index (χ4n) is 1.96. The van der Waals surface area contributed by atoms with Gasteiger partial charge in [-0.25, -0.2) is 0 Å². The molecule has 2 atom stereocenters. The Bertz CT molecular complexity index is 530. The van der Waals surface area contributed by atoms with Crippen LogP contribution in [0.4, 0.5) is 5.69 Å². The highest BCUT2D eigenvalue weighted by Crippen LogP contribution is 2.23. The molecule has 108 valence electrons. The molecule has 1 rings (SSSR count). The molecule has 4 heteroatoms. The van der Waals surface area contributed by atoms with Gasteiger partial charge in [0.1, 0.15) is 0 Å². The topological polar surface area (TPSA) is 73.1 Å². The number of nitrogens with zero attached hydrogens (tertiary/aromatic N) is 1. The van der Waals surface area contributed by atoms with Crippen LogP contribution in [-0.2, 0) is 0 Å². The molecular weight excluding hydrogens is 252 g/mol. The molecule has 0 amide bonds. The van der Waals surface area contributed by atoms with Gasteiger partial charge in [-0.1, -0.05) is 20.3 Å². The van der Waals surface area contributed by atoms with Gasteiger partial charge in [0.2, 0.25) is 0 Å². The van der Waals surface area contributed by atoms with Gasteiger partial charge in [-0.15, -0.1) is 0 Å². The molecule has 0 aromatic heterocycles. The summed E-state index contributed by atoms with van der Waals surface area (Å²) < 4.78 is 0. The monoisotopic (exact) mass is 274 g/mol. The number of benzene rings is 1. The van der Waals surface area contributed by atoms with E-state index in [2.05, 4.69) is 11.4 Å². The number of Topliss-reactive ketones (excluding diaryl/α,β-unsaturated/α-hetero) is 1. The molecule has 2 unspecified atom stereocenters. The van der Waals surface area contributed by atoms with Crippen LogP contribution in [0.25, 0.3) is 0 Å². The molecule has 0 bridgehead atoms. The predicted molar refractivity (Wildman–Crippen MR) is 79.7 cm³/mol. The van der Waals surface area contributed by atoms with Crippen molar-refractivity contribution in [2.75, 3.05) is 11.9 Å². The van der Waals surface area contributed by atoms with Crippen molar-refractivity contribution in [1.29, 1.82) is 5.26 Å². The van der Waals surface area contributed by atoms with E-state index >= 15 is 0 Å². The molecule has 1 aromatic carbocycles. The van der Waals surface area contributed by atoms with Crippen LogP contribution in [0.2, 0.25) is 0 Å². The van der Waals surface area contributed by atoms with Crippen LogP contribution < -0.4 is 5.32 Å². The molecule has 0 saturated heterocycles. The maximum Gasteiger partial charge on any atom is 0.161 e. The molecule has 0 aliphatic heterocycles. The molecule has 0 fully saturated rings. The Morgan fingerprint density at radius 3 is 2.70 bits per heavy atom. The fourth-order valence-corrected chi connectivity index (χ4v) is 1.96. The molecule has 2 N–H and O–H groups in total. The molecular formula is C16H22N2O2. The molecule has 0 aliphatic carbocycles. The van der Waals surface area contributed by atoms with E-state index in [4.69, 9.17) is 5.26 Å². The summed E-state index contributed by atoms with van der Waals surface area (Å²) in [6.07, 6.45) is 0.868. The van der Waals surface area contributed by atoms with Gasteiger partial charge in [0, 0.05) is 17.8 Å². The summed E-state index contributed by atoms with van der Waals surface area (Å²) in [5, 5.41) is 22.4. The first-order valence-corrected chi connectivity index (χ1v) is 6.83. The molecule has 20 heavy (non-hydrogen) atoms. The molecule has 0 radical (unpaired) electrons. The summed E-state index contributed by atoms with van der Waals surface area (Å²) in [6.45, 7) is 7.60. The zero-order valence-electron chi connectivity index (χ0n) is 12.5. The van der Waals surface area contributed by atoms with E-state index < -0.39 is 5.60 Å². The number of hydrogen-bond donors (Lipinski definition) is 2. The van der Waals surface area contributed by atoms with Crippen molar-refractivity contribution in [1.82, 2.24) is 0 Å². The second-order valence-electron chi connectivity index (χ2n) is 5.45. The number of carbonyl (C=O) groups excluding carboxylic acids is 1. The molecule has 0 aliphatic rings. The zero-order chi connectivity index (χ0) is 15.3. The smallest absolute Gasteiger partial charge is 0.161 e. The number of nitrogens with one attached hydrogen (secondary N) is 1. The second kappa shape index (κ2) is 6.53. The number of hydrogen-bond acceptors (Lipinski definition) is 4. The number of carbonyl (C=O) groups is 1. The average Bonchev–Trinajstić information content (AvgIpc) is 2.43. The lowest BCUT2D eigenvalue weighted by Gasteiger charge is -2.30. The Morgan fingerprint density at radius 1 is 1.55 bits per heavy atom. The minimum absolute atomic E-state index is 0.0693. The zero-order valence-corrected chi connectivity index (χ0v) is 12.5. The first kappa shape index (κ1) is 16.2. The summed E-state index contributed by atoms with van der Waals surface area (Å²) in [5.74, 6) is 0.0649. The van der Waals surface area contributed by atoms with Crippen LogP contribution in [0.5, 0.6) is 0 Å². The molecule has 0 saturated carbocycles. The van der Waals surface area contributed by atoms with Gasteiger partial charge >= 0.3 is 0 Å². The summed E-state index contributed by atoms with van der Waals surface area (Å²) in [6, 6.07) is 6.95. The van der Waals surface area contributed by atoms with Crippen molar-refractivity contribution in [3.05, 3.63) is 29.3 Å². The van der Waals surface area contributed by atoms with Crippen LogP contribution in [0.3, 0.4) is 0 Å². The van der Waals surface area contributed by atoms with Crippen molar-refractivity contribution in [3.8, 4) is 6.07 Å². The first-order valence-electron chi connectivity index (χ1n) is 6.83. The van der Waals surface area contributed by atoms with Gasteiger partial charge in [-0.3, -0.25) is 4.79 Å². The maximum atomic E-state index is 11.6. The fraction of sp³-hybridized carbons (Fsp3) is 0.500. The summed E-state index contributed by atoms with van der Waals surface area (Å²) in [4.78, 5) is 11.6. The van der Waals surface area contributed by atoms with Gasteiger partial charge in [0.05, 0.1) is 17.2 Å². The van der Waals surface area contributed by atoms with Crippen LogP contribution in [0.1, 0.15) is 50.0 Å². The lowest BCUT2D eigenvalue weighted by molar-refractivity contribution is 0.0175. The largest absolute Gasteiger partial charge is 0.388 e. The van der Waals surface area contributed by atoms with Gasteiger partial charge in [-0.05, 0) is 38.0 Å².